The molecule has 0 fully saturated rings. The number of likely N-dealkylation sites (N-methyl/N-ethyl adjacent to an activating group) is 1. The third-order valence-corrected chi connectivity index (χ3v) is 2.76. The molecule has 4 heteroatoms. The van der Waals surface area contributed by atoms with E-state index in [-0.39, 0.29) is 0 Å². The van der Waals surface area contributed by atoms with E-state index in [4.69, 9.17) is 9.15 Å². The summed E-state index contributed by atoms with van der Waals surface area (Å²) in [6, 6.07) is 7.91. The minimum absolute atomic E-state index is 0.656. The number of ether oxygens (including phenoxy) is 1. The van der Waals surface area contributed by atoms with Crippen molar-refractivity contribution in [3.63, 3.8) is 0 Å². The van der Waals surface area contributed by atoms with Gasteiger partial charge in [0, 0.05) is 18.5 Å². The number of nitrogens with zero attached hydrogens (tertiary/aromatic N) is 1. The maximum atomic E-state index is 5.68. The molecular formula is C14H18N2O2. The molecule has 0 spiro atoms. The topological polar surface area (TPSA) is 47.3 Å². The second-order valence-corrected chi connectivity index (χ2v) is 4.06. The Morgan fingerprint density at radius 3 is 2.94 bits per heavy atom. The molecule has 1 aromatic carbocycles. The lowest BCUT2D eigenvalue weighted by molar-refractivity contribution is 0.406. The molecule has 1 heterocycles. The number of hydrogen-bond donors (Lipinski definition) is 1. The van der Waals surface area contributed by atoms with Crippen LogP contribution in [0.4, 0.5) is 0 Å². The van der Waals surface area contributed by atoms with Gasteiger partial charge < -0.3 is 14.5 Å². The third kappa shape index (κ3) is 3.11. The highest BCUT2D eigenvalue weighted by Gasteiger charge is 2.08. The molecule has 0 aliphatic heterocycles. The van der Waals surface area contributed by atoms with E-state index >= 15 is 0 Å². The van der Waals surface area contributed by atoms with Gasteiger partial charge in [-0.1, -0.05) is 18.2 Å². The van der Waals surface area contributed by atoms with Crippen LogP contribution in [0.15, 0.2) is 34.9 Å². The van der Waals surface area contributed by atoms with Gasteiger partial charge in [0.2, 0.25) is 0 Å². The first-order valence-corrected chi connectivity index (χ1v) is 6.03. The number of oxazole rings is 1. The Morgan fingerprint density at radius 1 is 1.33 bits per heavy atom. The molecule has 1 N–H and O–H groups in total. The fourth-order valence-corrected chi connectivity index (χ4v) is 1.81. The summed E-state index contributed by atoms with van der Waals surface area (Å²) in [5.74, 6) is 2.51. The number of para-hydroxylation sites is 1. The molecule has 0 radical (unpaired) electrons. The van der Waals surface area contributed by atoms with E-state index in [1.165, 1.54) is 0 Å². The maximum absolute atomic E-state index is 5.68. The number of methoxy groups -OCH3 is 1. The maximum Gasteiger partial charge on any atom is 0.198 e. The molecule has 0 saturated heterocycles. The van der Waals surface area contributed by atoms with Gasteiger partial charge in [0.15, 0.2) is 5.89 Å². The lowest BCUT2D eigenvalue weighted by atomic mass is 10.1. The molecule has 0 saturated carbocycles. The number of nitrogens with one attached hydrogen (secondary N) is 1. The zero-order valence-electron chi connectivity index (χ0n) is 10.8. The predicted octanol–water partition coefficient (Wildman–Crippen LogP) is 2.04. The van der Waals surface area contributed by atoms with E-state index in [1.807, 2.05) is 31.3 Å². The zero-order valence-corrected chi connectivity index (χ0v) is 10.8. The summed E-state index contributed by atoms with van der Waals surface area (Å²) < 4.78 is 11.0. The first-order valence-electron chi connectivity index (χ1n) is 6.03. The first-order chi connectivity index (χ1) is 8.83. The van der Waals surface area contributed by atoms with Crippen molar-refractivity contribution in [2.75, 3.05) is 20.7 Å². The van der Waals surface area contributed by atoms with Crippen LogP contribution >= 0.6 is 0 Å². The molecule has 0 bridgehead atoms. The molecular weight excluding hydrogens is 228 g/mol. The van der Waals surface area contributed by atoms with E-state index in [1.54, 1.807) is 13.3 Å². The summed E-state index contributed by atoms with van der Waals surface area (Å²) in [5, 5.41) is 3.09. The Morgan fingerprint density at radius 2 is 2.17 bits per heavy atom. The van der Waals surface area contributed by atoms with Gasteiger partial charge >= 0.3 is 0 Å². The fourth-order valence-electron chi connectivity index (χ4n) is 1.81. The number of rotatable bonds is 6. The summed E-state index contributed by atoms with van der Waals surface area (Å²) in [6.45, 7) is 0.892. The van der Waals surface area contributed by atoms with Gasteiger partial charge in [-0.05, 0) is 13.1 Å². The monoisotopic (exact) mass is 246 g/mol. The summed E-state index contributed by atoms with van der Waals surface area (Å²) in [4.78, 5) is 4.29. The lowest BCUT2D eigenvalue weighted by Crippen LogP contribution is -2.09. The number of hydrogen-bond acceptors (Lipinski definition) is 4. The van der Waals surface area contributed by atoms with Crippen molar-refractivity contribution in [1.82, 2.24) is 10.3 Å². The molecule has 0 unspecified atom stereocenters. The van der Waals surface area contributed by atoms with Gasteiger partial charge in [0.1, 0.15) is 11.5 Å². The molecule has 0 aliphatic carbocycles. The highest BCUT2D eigenvalue weighted by molar-refractivity contribution is 5.34. The molecule has 4 nitrogen and oxygen atoms in total. The van der Waals surface area contributed by atoms with E-state index in [9.17, 15) is 0 Å². The van der Waals surface area contributed by atoms with Gasteiger partial charge in [-0.15, -0.1) is 0 Å². The van der Waals surface area contributed by atoms with Gasteiger partial charge in [-0.25, -0.2) is 4.98 Å². The summed E-state index contributed by atoms with van der Waals surface area (Å²) in [5.41, 5.74) is 1.09. The smallest absolute Gasteiger partial charge is 0.198 e. The van der Waals surface area contributed by atoms with Gasteiger partial charge in [-0.3, -0.25) is 0 Å². The first kappa shape index (κ1) is 12.6. The second-order valence-electron chi connectivity index (χ2n) is 4.06. The molecule has 0 aliphatic rings. The molecule has 96 valence electrons. The third-order valence-electron chi connectivity index (χ3n) is 2.76. The van der Waals surface area contributed by atoms with Gasteiger partial charge in [0.05, 0.1) is 19.7 Å². The van der Waals surface area contributed by atoms with Crippen molar-refractivity contribution in [1.29, 1.82) is 0 Å². The van der Waals surface area contributed by atoms with Crippen molar-refractivity contribution < 1.29 is 9.15 Å². The van der Waals surface area contributed by atoms with Crippen LogP contribution in [0.2, 0.25) is 0 Å². The van der Waals surface area contributed by atoms with Crippen LogP contribution in [0, 0.1) is 0 Å². The van der Waals surface area contributed by atoms with Crippen molar-refractivity contribution in [2.45, 2.75) is 12.8 Å². The van der Waals surface area contributed by atoms with E-state index < -0.39 is 0 Å². The van der Waals surface area contributed by atoms with Crippen molar-refractivity contribution in [3.8, 4) is 5.75 Å². The Kier molecular flexibility index (Phi) is 4.36. The highest BCUT2D eigenvalue weighted by Crippen LogP contribution is 2.20. The Hall–Kier alpha value is -1.81. The summed E-state index contributed by atoms with van der Waals surface area (Å²) >= 11 is 0. The van der Waals surface area contributed by atoms with Crippen molar-refractivity contribution in [3.05, 3.63) is 47.7 Å². The zero-order chi connectivity index (χ0) is 12.8. The van der Waals surface area contributed by atoms with Crippen molar-refractivity contribution in [2.24, 2.45) is 0 Å². The minimum atomic E-state index is 0.656. The van der Waals surface area contributed by atoms with Crippen LogP contribution in [0.5, 0.6) is 5.75 Å². The molecule has 18 heavy (non-hydrogen) atoms. The van der Waals surface area contributed by atoms with Crippen LogP contribution in [0.1, 0.15) is 17.2 Å². The van der Waals surface area contributed by atoms with Crippen molar-refractivity contribution >= 4 is 0 Å². The fraction of sp³-hybridized carbons (Fsp3) is 0.357. The standard InChI is InChI=1S/C14H18N2O2/c1-15-8-7-12-10-16-14(18-12)9-11-5-3-4-6-13(11)17-2/h3-6,10,15H,7-9H2,1-2H3. The van der Waals surface area contributed by atoms with Crippen LogP contribution in [-0.2, 0) is 12.8 Å². The molecule has 2 aromatic rings. The summed E-state index contributed by atoms with van der Waals surface area (Å²) in [7, 11) is 3.60. The Bertz CT molecular complexity index is 494. The highest BCUT2D eigenvalue weighted by atomic mass is 16.5. The molecule has 1 aromatic heterocycles. The average Bonchev–Trinajstić information content (AvgIpc) is 2.84. The number of aromatic nitrogens is 1. The normalized spacial score (nSPS) is 10.6. The molecule has 0 atom stereocenters. The van der Waals surface area contributed by atoms with Gasteiger partial charge in [0.25, 0.3) is 0 Å². The predicted molar refractivity (Wildman–Crippen MR) is 69.9 cm³/mol. The molecule has 2 rings (SSSR count). The van der Waals surface area contributed by atoms with Gasteiger partial charge in [-0.2, -0.15) is 0 Å². The summed E-state index contributed by atoms with van der Waals surface area (Å²) in [6.07, 6.45) is 3.31. The Labute approximate surface area is 107 Å². The van der Waals surface area contributed by atoms with Crippen LogP contribution in [0.3, 0.4) is 0 Å². The largest absolute Gasteiger partial charge is 0.496 e. The number of benzene rings is 1. The van der Waals surface area contributed by atoms with Crippen LogP contribution in [-0.4, -0.2) is 25.7 Å². The molecule has 0 amide bonds. The average molecular weight is 246 g/mol. The van der Waals surface area contributed by atoms with E-state index in [0.29, 0.717) is 6.42 Å². The Balaban J connectivity index is 2.06. The van der Waals surface area contributed by atoms with Crippen LogP contribution in [0.25, 0.3) is 0 Å². The second kappa shape index (κ2) is 6.21. The van der Waals surface area contributed by atoms with E-state index in [2.05, 4.69) is 10.3 Å². The van der Waals surface area contributed by atoms with E-state index in [0.717, 1.165) is 35.9 Å². The van der Waals surface area contributed by atoms with Crippen LogP contribution < -0.4 is 10.1 Å². The minimum Gasteiger partial charge on any atom is -0.496 e. The lowest BCUT2D eigenvalue weighted by Gasteiger charge is -2.05. The quantitative estimate of drug-likeness (QED) is 0.847. The SMILES string of the molecule is CNCCc1cnc(Cc2ccccc2OC)o1.